The minimum atomic E-state index is -0.0997. The lowest BCUT2D eigenvalue weighted by atomic mass is 9.87. The van der Waals surface area contributed by atoms with Crippen LogP contribution in [0, 0.1) is 0 Å². The maximum absolute atomic E-state index is 12.2. The van der Waals surface area contributed by atoms with Crippen LogP contribution in [0.3, 0.4) is 0 Å². The van der Waals surface area contributed by atoms with Crippen LogP contribution in [0.15, 0.2) is 53.0 Å². The average Bonchev–Trinajstić information content (AvgIpc) is 2.40. The van der Waals surface area contributed by atoms with Gasteiger partial charge in [0, 0.05) is 10.0 Å². The van der Waals surface area contributed by atoms with Crippen molar-refractivity contribution in [1.29, 1.82) is 0 Å². The Kier molecular flexibility index (Phi) is 4.29. The van der Waals surface area contributed by atoms with Crippen molar-refractivity contribution in [1.82, 2.24) is 0 Å². The third kappa shape index (κ3) is 3.48. The van der Waals surface area contributed by atoms with Crippen molar-refractivity contribution in [3.8, 4) is 0 Å². The maximum Gasteiger partial charge on any atom is 0.255 e. The van der Waals surface area contributed by atoms with Gasteiger partial charge < -0.3 is 5.32 Å². The molecule has 0 aliphatic rings. The summed E-state index contributed by atoms with van der Waals surface area (Å²) in [4.78, 5) is 12.2. The van der Waals surface area contributed by atoms with Crippen molar-refractivity contribution in [2.45, 2.75) is 26.2 Å². The summed E-state index contributed by atoms with van der Waals surface area (Å²) in [7, 11) is 0. The molecule has 0 spiro atoms. The first-order valence-corrected chi connectivity index (χ1v) is 7.33. The molecular formula is C17H18BrNO. The fraction of sp³-hybridized carbons (Fsp3) is 0.235. The molecule has 0 unspecified atom stereocenters. The van der Waals surface area contributed by atoms with Crippen LogP contribution < -0.4 is 5.32 Å². The van der Waals surface area contributed by atoms with E-state index >= 15 is 0 Å². The Morgan fingerprint density at radius 2 is 1.60 bits per heavy atom. The minimum Gasteiger partial charge on any atom is -0.321 e. The monoisotopic (exact) mass is 331 g/mol. The van der Waals surface area contributed by atoms with Crippen LogP contribution in [0.4, 0.5) is 5.69 Å². The van der Waals surface area contributed by atoms with E-state index in [0.29, 0.717) is 5.56 Å². The average molecular weight is 332 g/mol. The van der Waals surface area contributed by atoms with E-state index in [1.165, 1.54) is 5.56 Å². The molecule has 1 N–H and O–H groups in total. The van der Waals surface area contributed by atoms with Crippen molar-refractivity contribution >= 4 is 27.5 Å². The van der Waals surface area contributed by atoms with Gasteiger partial charge in [-0.25, -0.2) is 0 Å². The zero-order valence-corrected chi connectivity index (χ0v) is 13.5. The molecule has 0 aromatic heterocycles. The number of para-hydroxylation sites is 1. The number of carbonyl (C=O) groups excluding carboxylic acids is 1. The first kappa shape index (κ1) is 14.8. The van der Waals surface area contributed by atoms with E-state index in [1.54, 1.807) is 0 Å². The van der Waals surface area contributed by atoms with Gasteiger partial charge in [-0.1, -0.05) is 45.0 Å². The Balaban J connectivity index is 2.16. The van der Waals surface area contributed by atoms with Crippen molar-refractivity contribution in [2.24, 2.45) is 0 Å². The topological polar surface area (TPSA) is 29.1 Å². The first-order chi connectivity index (χ1) is 9.38. The van der Waals surface area contributed by atoms with Crippen LogP contribution in [0.25, 0.3) is 0 Å². The number of carbonyl (C=O) groups is 1. The molecule has 1 amide bonds. The van der Waals surface area contributed by atoms with Gasteiger partial charge in [0.25, 0.3) is 5.91 Å². The van der Waals surface area contributed by atoms with Gasteiger partial charge in [0.15, 0.2) is 0 Å². The molecule has 2 rings (SSSR count). The fourth-order valence-corrected chi connectivity index (χ4v) is 2.26. The zero-order chi connectivity index (χ0) is 14.8. The summed E-state index contributed by atoms with van der Waals surface area (Å²) >= 11 is 3.42. The second-order valence-electron chi connectivity index (χ2n) is 5.76. The molecule has 0 saturated heterocycles. The van der Waals surface area contributed by atoms with Gasteiger partial charge in [0.1, 0.15) is 0 Å². The molecule has 2 nitrogen and oxygen atoms in total. The molecule has 2 aromatic rings. The molecule has 0 atom stereocenters. The van der Waals surface area contributed by atoms with Crippen LogP contribution in [-0.2, 0) is 5.41 Å². The smallest absolute Gasteiger partial charge is 0.255 e. The molecule has 0 radical (unpaired) electrons. The SMILES string of the molecule is CC(C)(C)c1ccc(C(=O)Nc2ccccc2Br)cc1. The first-order valence-electron chi connectivity index (χ1n) is 6.54. The second-order valence-corrected chi connectivity index (χ2v) is 6.62. The van der Waals surface area contributed by atoms with Gasteiger partial charge >= 0.3 is 0 Å². The van der Waals surface area contributed by atoms with Crippen LogP contribution >= 0.6 is 15.9 Å². The summed E-state index contributed by atoms with van der Waals surface area (Å²) in [6, 6.07) is 15.3. The Bertz CT molecular complexity index is 612. The van der Waals surface area contributed by atoms with Crippen LogP contribution in [0.5, 0.6) is 0 Å². The summed E-state index contributed by atoms with van der Waals surface area (Å²) < 4.78 is 0.875. The van der Waals surface area contributed by atoms with E-state index in [-0.39, 0.29) is 11.3 Å². The Labute approximate surface area is 128 Å². The van der Waals surface area contributed by atoms with E-state index in [2.05, 4.69) is 42.0 Å². The highest BCUT2D eigenvalue weighted by molar-refractivity contribution is 9.10. The van der Waals surface area contributed by atoms with E-state index in [0.717, 1.165) is 10.2 Å². The minimum absolute atomic E-state index is 0.0947. The molecule has 0 heterocycles. The second kappa shape index (κ2) is 5.80. The number of benzene rings is 2. The number of rotatable bonds is 2. The quantitative estimate of drug-likeness (QED) is 0.824. The summed E-state index contributed by atoms with van der Waals surface area (Å²) in [5, 5.41) is 2.90. The molecule has 0 fully saturated rings. The lowest BCUT2D eigenvalue weighted by Crippen LogP contribution is -2.14. The number of nitrogens with one attached hydrogen (secondary N) is 1. The number of halogens is 1. The molecule has 0 bridgehead atoms. The van der Waals surface area contributed by atoms with Crippen LogP contribution in [-0.4, -0.2) is 5.91 Å². The Hall–Kier alpha value is -1.61. The lowest BCUT2D eigenvalue weighted by Gasteiger charge is -2.19. The predicted molar refractivity (Wildman–Crippen MR) is 87.2 cm³/mol. The van der Waals surface area contributed by atoms with E-state index < -0.39 is 0 Å². The molecule has 104 valence electrons. The van der Waals surface area contributed by atoms with Crippen molar-refractivity contribution in [2.75, 3.05) is 5.32 Å². The molecule has 0 saturated carbocycles. The van der Waals surface area contributed by atoms with Crippen LogP contribution in [0.1, 0.15) is 36.7 Å². The van der Waals surface area contributed by atoms with Gasteiger partial charge in [-0.15, -0.1) is 0 Å². The molecule has 20 heavy (non-hydrogen) atoms. The zero-order valence-electron chi connectivity index (χ0n) is 11.9. The number of hydrogen-bond donors (Lipinski definition) is 1. The molecule has 0 aliphatic carbocycles. The highest BCUT2D eigenvalue weighted by Crippen LogP contribution is 2.24. The van der Waals surface area contributed by atoms with Gasteiger partial charge in [0.05, 0.1) is 5.69 Å². The number of amides is 1. The normalized spacial score (nSPS) is 11.2. The molecule has 3 heteroatoms. The maximum atomic E-state index is 12.2. The highest BCUT2D eigenvalue weighted by atomic mass is 79.9. The highest BCUT2D eigenvalue weighted by Gasteiger charge is 2.14. The summed E-state index contributed by atoms with van der Waals surface area (Å²) in [5.74, 6) is -0.0997. The Morgan fingerprint density at radius 3 is 2.15 bits per heavy atom. The predicted octanol–water partition coefficient (Wildman–Crippen LogP) is 5.00. The van der Waals surface area contributed by atoms with Crippen molar-refractivity contribution < 1.29 is 4.79 Å². The number of hydrogen-bond acceptors (Lipinski definition) is 1. The van der Waals surface area contributed by atoms with E-state index in [1.807, 2.05) is 48.5 Å². The largest absolute Gasteiger partial charge is 0.321 e. The lowest BCUT2D eigenvalue weighted by molar-refractivity contribution is 0.102. The summed E-state index contributed by atoms with van der Waals surface area (Å²) in [5.41, 5.74) is 2.75. The van der Waals surface area contributed by atoms with E-state index in [4.69, 9.17) is 0 Å². The standard InChI is InChI=1S/C17H18BrNO/c1-17(2,3)13-10-8-12(9-11-13)16(20)19-15-7-5-4-6-14(15)18/h4-11H,1-3H3,(H,19,20). The third-order valence-corrected chi connectivity index (χ3v) is 3.83. The van der Waals surface area contributed by atoms with Gasteiger partial charge in [-0.2, -0.15) is 0 Å². The van der Waals surface area contributed by atoms with Gasteiger partial charge in [-0.05, 0) is 51.2 Å². The summed E-state index contributed by atoms with van der Waals surface area (Å²) in [6.45, 7) is 6.47. The third-order valence-electron chi connectivity index (χ3n) is 3.14. The Morgan fingerprint density at radius 1 is 1.00 bits per heavy atom. The van der Waals surface area contributed by atoms with Crippen LogP contribution in [0.2, 0.25) is 0 Å². The number of anilines is 1. The summed E-state index contributed by atoms with van der Waals surface area (Å²) in [6.07, 6.45) is 0. The molecule has 2 aromatic carbocycles. The van der Waals surface area contributed by atoms with Crippen molar-refractivity contribution in [3.05, 3.63) is 64.1 Å². The van der Waals surface area contributed by atoms with Gasteiger partial charge in [0.2, 0.25) is 0 Å². The van der Waals surface area contributed by atoms with Crippen molar-refractivity contribution in [3.63, 3.8) is 0 Å². The fourth-order valence-electron chi connectivity index (χ4n) is 1.88. The molecular weight excluding hydrogens is 314 g/mol. The molecule has 0 aliphatic heterocycles. The van der Waals surface area contributed by atoms with Gasteiger partial charge in [-0.3, -0.25) is 4.79 Å². The van der Waals surface area contributed by atoms with E-state index in [9.17, 15) is 4.79 Å².